The Morgan fingerprint density at radius 1 is 0.750 bits per heavy atom. The SMILES string of the molecule is CCn1c(CCCc2ccc(-c3cccc(NC(=O)Nc4ccccc4)c3)cc2)nn(Cc2ccc(C(C)(C)C)cc2)c1=O. The van der Waals surface area contributed by atoms with E-state index in [1.54, 1.807) is 9.25 Å². The van der Waals surface area contributed by atoms with Gasteiger partial charge in [-0.2, -0.15) is 5.10 Å². The lowest BCUT2D eigenvalue weighted by molar-refractivity contribution is 0.262. The highest BCUT2D eigenvalue weighted by Gasteiger charge is 2.15. The maximum Gasteiger partial charge on any atom is 0.346 e. The maximum atomic E-state index is 13.1. The Balaban J connectivity index is 1.17. The molecule has 2 N–H and O–H groups in total. The van der Waals surface area contributed by atoms with Crippen molar-refractivity contribution < 1.29 is 4.79 Å². The predicted octanol–water partition coefficient (Wildman–Crippen LogP) is 7.90. The van der Waals surface area contributed by atoms with Gasteiger partial charge in [-0.3, -0.25) is 4.57 Å². The van der Waals surface area contributed by atoms with Crippen LogP contribution in [-0.2, 0) is 31.3 Å². The van der Waals surface area contributed by atoms with Gasteiger partial charge in [0.25, 0.3) is 0 Å². The van der Waals surface area contributed by atoms with E-state index in [9.17, 15) is 9.59 Å². The number of para-hydroxylation sites is 1. The average Bonchev–Trinajstić information content (AvgIpc) is 3.31. The Morgan fingerprint density at radius 2 is 1.41 bits per heavy atom. The molecule has 1 heterocycles. The number of rotatable bonds is 10. The molecule has 0 bridgehead atoms. The second kappa shape index (κ2) is 13.6. The molecule has 4 aromatic carbocycles. The zero-order chi connectivity index (χ0) is 31.1. The normalized spacial score (nSPS) is 11.4. The fourth-order valence-corrected chi connectivity index (χ4v) is 5.28. The molecular weight excluding hydrogens is 546 g/mol. The molecule has 0 aliphatic rings. The third-order valence-electron chi connectivity index (χ3n) is 7.77. The Morgan fingerprint density at radius 3 is 2.09 bits per heavy atom. The molecule has 0 saturated carbocycles. The van der Waals surface area contributed by atoms with Gasteiger partial charge in [0, 0.05) is 24.3 Å². The average molecular weight is 588 g/mol. The number of benzene rings is 4. The third-order valence-corrected chi connectivity index (χ3v) is 7.77. The minimum absolute atomic E-state index is 0.0546. The van der Waals surface area contributed by atoms with Crippen LogP contribution in [-0.4, -0.2) is 20.4 Å². The van der Waals surface area contributed by atoms with Crippen LogP contribution in [0.2, 0.25) is 0 Å². The number of anilines is 2. The fourth-order valence-electron chi connectivity index (χ4n) is 5.28. The van der Waals surface area contributed by atoms with Crippen LogP contribution in [0.4, 0.5) is 16.2 Å². The zero-order valence-electron chi connectivity index (χ0n) is 26.0. The van der Waals surface area contributed by atoms with Crippen molar-refractivity contribution in [1.29, 1.82) is 0 Å². The molecule has 0 saturated heterocycles. The fraction of sp³-hybridized carbons (Fsp3) is 0.270. The van der Waals surface area contributed by atoms with Crippen molar-refractivity contribution in [2.75, 3.05) is 10.6 Å². The molecule has 7 nitrogen and oxygen atoms in total. The number of hydrogen-bond acceptors (Lipinski definition) is 3. The largest absolute Gasteiger partial charge is 0.346 e. The standard InChI is InChI=1S/C37H41N5O2/c1-5-41-34(40-42(36(41)44)26-28-19-23-31(24-20-28)37(2,3)4)16-9-11-27-17-21-29(22-18-27)30-12-10-15-33(25-30)39-35(43)38-32-13-7-6-8-14-32/h6-8,10,12-15,17-25H,5,9,11,16,26H2,1-4H3,(H2,38,39,43). The smallest absolute Gasteiger partial charge is 0.308 e. The number of carbonyl (C=O) groups is 1. The summed E-state index contributed by atoms with van der Waals surface area (Å²) in [5.41, 5.74) is 7.19. The Hall–Kier alpha value is -4.91. The number of hydrogen-bond donors (Lipinski definition) is 2. The molecule has 44 heavy (non-hydrogen) atoms. The van der Waals surface area contributed by atoms with E-state index < -0.39 is 0 Å². The lowest BCUT2D eigenvalue weighted by Gasteiger charge is -2.19. The summed E-state index contributed by atoms with van der Waals surface area (Å²) in [6.45, 7) is 9.66. The highest BCUT2D eigenvalue weighted by atomic mass is 16.2. The molecule has 5 rings (SSSR count). The molecule has 2 amide bonds. The van der Waals surface area contributed by atoms with Crippen LogP contribution >= 0.6 is 0 Å². The molecule has 0 radical (unpaired) electrons. The Labute approximate surface area is 259 Å². The van der Waals surface area contributed by atoms with Crippen LogP contribution in [0.25, 0.3) is 11.1 Å². The lowest BCUT2D eigenvalue weighted by Crippen LogP contribution is -2.25. The number of aryl methyl sites for hydroxylation is 2. The maximum absolute atomic E-state index is 13.1. The predicted molar refractivity (Wildman–Crippen MR) is 179 cm³/mol. The van der Waals surface area contributed by atoms with Gasteiger partial charge in [0.2, 0.25) is 0 Å². The van der Waals surface area contributed by atoms with E-state index in [0.29, 0.717) is 13.1 Å². The van der Waals surface area contributed by atoms with Gasteiger partial charge in [-0.1, -0.05) is 99.6 Å². The minimum Gasteiger partial charge on any atom is -0.308 e. The third kappa shape index (κ3) is 7.72. The lowest BCUT2D eigenvalue weighted by atomic mass is 9.87. The topological polar surface area (TPSA) is 81.0 Å². The van der Waals surface area contributed by atoms with Gasteiger partial charge >= 0.3 is 11.7 Å². The number of nitrogens with one attached hydrogen (secondary N) is 2. The molecule has 226 valence electrons. The van der Waals surface area contributed by atoms with Crippen molar-refractivity contribution in [3.63, 3.8) is 0 Å². The van der Waals surface area contributed by atoms with Gasteiger partial charge in [0.1, 0.15) is 5.82 Å². The number of urea groups is 1. The van der Waals surface area contributed by atoms with Crippen molar-refractivity contribution in [3.05, 3.63) is 136 Å². The summed E-state index contributed by atoms with van der Waals surface area (Å²) >= 11 is 0. The first-order valence-electron chi connectivity index (χ1n) is 15.3. The van der Waals surface area contributed by atoms with Gasteiger partial charge in [0.05, 0.1) is 6.54 Å². The molecular formula is C37H41N5O2. The molecule has 1 aromatic heterocycles. The first-order valence-corrected chi connectivity index (χ1v) is 15.3. The first kappa shape index (κ1) is 30.5. The number of carbonyl (C=O) groups excluding carboxylic acids is 1. The molecule has 0 unspecified atom stereocenters. The van der Waals surface area contributed by atoms with Gasteiger partial charge in [-0.05, 0) is 77.3 Å². The van der Waals surface area contributed by atoms with Gasteiger partial charge < -0.3 is 10.6 Å². The Bertz CT molecular complexity index is 1750. The zero-order valence-corrected chi connectivity index (χ0v) is 26.0. The van der Waals surface area contributed by atoms with Gasteiger partial charge in [-0.25, -0.2) is 14.3 Å². The minimum atomic E-state index is -0.281. The summed E-state index contributed by atoms with van der Waals surface area (Å²) in [4.78, 5) is 25.5. The summed E-state index contributed by atoms with van der Waals surface area (Å²) in [6, 6.07) is 33.9. The van der Waals surface area contributed by atoms with Crippen LogP contribution in [0.1, 0.15) is 56.6 Å². The highest BCUT2D eigenvalue weighted by Crippen LogP contribution is 2.24. The second-order valence-corrected chi connectivity index (χ2v) is 12.1. The second-order valence-electron chi connectivity index (χ2n) is 12.1. The Kier molecular flexibility index (Phi) is 9.44. The molecule has 0 spiro atoms. The van der Waals surface area contributed by atoms with Crippen LogP contribution in [0.5, 0.6) is 0 Å². The van der Waals surface area contributed by atoms with Crippen molar-refractivity contribution >= 4 is 17.4 Å². The molecule has 0 aliphatic carbocycles. The van der Waals surface area contributed by atoms with Crippen LogP contribution < -0.4 is 16.3 Å². The molecule has 0 atom stereocenters. The van der Waals surface area contributed by atoms with Gasteiger partial charge in [0.15, 0.2) is 0 Å². The van der Waals surface area contributed by atoms with Gasteiger partial charge in [-0.15, -0.1) is 0 Å². The molecule has 0 aliphatic heterocycles. The first-order chi connectivity index (χ1) is 21.2. The van der Waals surface area contributed by atoms with E-state index in [0.717, 1.165) is 53.2 Å². The van der Waals surface area contributed by atoms with Crippen molar-refractivity contribution in [3.8, 4) is 11.1 Å². The van der Waals surface area contributed by atoms with Crippen LogP contribution in [0.3, 0.4) is 0 Å². The van der Waals surface area contributed by atoms with E-state index in [1.165, 1.54) is 11.1 Å². The van der Waals surface area contributed by atoms with Crippen LogP contribution in [0, 0.1) is 0 Å². The highest BCUT2D eigenvalue weighted by molar-refractivity contribution is 6.00. The van der Waals surface area contributed by atoms with E-state index in [-0.39, 0.29) is 17.1 Å². The molecule has 7 heteroatoms. The van der Waals surface area contributed by atoms with Crippen molar-refractivity contribution in [1.82, 2.24) is 14.3 Å². The monoisotopic (exact) mass is 587 g/mol. The summed E-state index contributed by atoms with van der Waals surface area (Å²) in [5.74, 6) is 0.834. The molecule has 0 fully saturated rings. The summed E-state index contributed by atoms with van der Waals surface area (Å²) in [6.07, 6.45) is 2.52. The van der Waals surface area contributed by atoms with Crippen molar-refractivity contribution in [2.24, 2.45) is 0 Å². The molecule has 5 aromatic rings. The van der Waals surface area contributed by atoms with E-state index in [4.69, 9.17) is 5.10 Å². The van der Waals surface area contributed by atoms with E-state index >= 15 is 0 Å². The van der Waals surface area contributed by atoms with Crippen LogP contribution in [0.15, 0.2) is 108 Å². The summed E-state index contributed by atoms with van der Waals surface area (Å²) in [5, 5.41) is 10.5. The summed E-state index contributed by atoms with van der Waals surface area (Å²) < 4.78 is 3.38. The number of amides is 2. The number of aromatic nitrogens is 3. The number of nitrogens with zero attached hydrogens (tertiary/aromatic N) is 3. The quantitative estimate of drug-likeness (QED) is 0.174. The van der Waals surface area contributed by atoms with E-state index in [1.807, 2.05) is 61.5 Å². The van der Waals surface area contributed by atoms with E-state index in [2.05, 4.69) is 79.9 Å². The summed E-state index contributed by atoms with van der Waals surface area (Å²) in [7, 11) is 0. The van der Waals surface area contributed by atoms with Crippen molar-refractivity contribution in [2.45, 2.75) is 65.5 Å².